The first-order valence-corrected chi connectivity index (χ1v) is 12.2. The minimum Gasteiger partial charge on any atom is -0.488 e. The zero-order valence-electron chi connectivity index (χ0n) is 17.1. The van der Waals surface area contributed by atoms with E-state index in [-0.39, 0.29) is 11.5 Å². The first-order chi connectivity index (χ1) is 15.1. The molecule has 1 heterocycles. The molecule has 1 saturated carbocycles. The minimum absolute atomic E-state index is 0.135. The monoisotopic (exact) mass is 591 g/mol. The van der Waals surface area contributed by atoms with Gasteiger partial charge in [-0.1, -0.05) is 47.8 Å². The molecule has 4 rings (SSSR count). The Balaban J connectivity index is 1.76. The Labute approximate surface area is 203 Å². The third kappa shape index (κ3) is 5.09. The number of ether oxygens (including phenoxy) is 1. The lowest BCUT2D eigenvalue weighted by Crippen LogP contribution is -2.25. The van der Waals surface area contributed by atoms with Gasteiger partial charge >= 0.3 is 0 Å². The van der Waals surface area contributed by atoms with E-state index in [1.165, 1.54) is 11.1 Å². The van der Waals surface area contributed by atoms with Gasteiger partial charge in [0.25, 0.3) is 5.56 Å². The third-order valence-electron chi connectivity index (χ3n) is 5.44. The lowest BCUT2D eigenvalue weighted by Gasteiger charge is -2.22. The lowest BCUT2D eigenvalue weighted by atomic mass is 9.88. The first-order valence-electron chi connectivity index (χ1n) is 10.4. The largest absolute Gasteiger partial charge is 0.488 e. The summed E-state index contributed by atoms with van der Waals surface area (Å²) in [6.45, 7) is 4.14. The maximum atomic E-state index is 13.4. The van der Waals surface area contributed by atoms with Gasteiger partial charge in [-0.05, 0) is 77.4 Å². The fraction of sp³-hybridized carbons (Fsp3) is 0.292. The standard InChI is InChI=1S/C24H23BrIN3O2/c1-2-12-31-22-11-8-16(13-20(22)26)15-27-29-23(17-6-4-3-5-7-17)28-21-10-9-18(25)14-19(21)24(29)30/h2,8-11,13-15,17H,1,3-7,12H2. The van der Waals surface area contributed by atoms with Crippen LogP contribution in [0.3, 0.4) is 0 Å². The quantitative estimate of drug-likeness (QED) is 0.193. The average Bonchev–Trinajstić information content (AvgIpc) is 2.78. The first kappa shape index (κ1) is 22.2. The van der Waals surface area contributed by atoms with E-state index in [9.17, 15) is 4.79 Å². The predicted octanol–water partition coefficient (Wildman–Crippen LogP) is 6.26. The van der Waals surface area contributed by atoms with Crippen molar-refractivity contribution in [1.82, 2.24) is 9.66 Å². The summed E-state index contributed by atoms with van der Waals surface area (Å²) in [4.78, 5) is 18.2. The van der Waals surface area contributed by atoms with Crippen LogP contribution in [-0.2, 0) is 0 Å². The van der Waals surface area contributed by atoms with E-state index in [0.717, 1.165) is 56.4 Å². The molecule has 0 amide bonds. The number of halogens is 2. The van der Waals surface area contributed by atoms with Crippen molar-refractivity contribution in [3.8, 4) is 5.75 Å². The van der Waals surface area contributed by atoms with Gasteiger partial charge in [0.05, 0.1) is 20.7 Å². The molecular weight excluding hydrogens is 569 g/mol. The van der Waals surface area contributed by atoms with E-state index in [4.69, 9.17) is 9.72 Å². The summed E-state index contributed by atoms with van der Waals surface area (Å²) in [7, 11) is 0. The number of nitrogens with zero attached hydrogens (tertiary/aromatic N) is 3. The van der Waals surface area contributed by atoms with Gasteiger partial charge in [-0.25, -0.2) is 4.98 Å². The van der Waals surface area contributed by atoms with Crippen LogP contribution >= 0.6 is 38.5 Å². The molecule has 0 saturated heterocycles. The second-order valence-corrected chi connectivity index (χ2v) is 9.70. The number of rotatable bonds is 6. The van der Waals surface area contributed by atoms with E-state index in [1.807, 2.05) is 36.4 Å². The van der Waals surface area contributed by atoms with Crippen LogP contribution in [0.25, 0.3) is 10.9 Å². The normalized spacial score (nSPS) is 14.9. The Morgan fingerprint density at radius 1 is 1.23 bits per heavy atom. The summed E-state index contributed by atoms with van der Waals surface area (Å²) >= 11 is 5.70. The SMILES string of the molecule is C=CCOc1ccc(C=Nn2c(C3CCCCC3)nc3ccc(Br)cc3c2=O)cc1I. The molecule has 1 aliphatic rings. The van der Waals surface area contributed by atoms with Crippen LogP contribution in [0, 0.1) is 3.57 Å². The molecule has 1 aliphatic carbocycles. The van der Waals surface area contributed by atoms with Crippen molar-refractivity contribution in [2.75, 3.05) is 6.61 Å². The second kappa shape index (κ2) is 10.1. The fourth-order valence-electron chi connectivity index (χ4n) is 3.89. The number of aromatic nitrogens is 2. The Bertz CT molecular complexity index is 1200. The van der Waals surface area contributed by atoms with E-state index < -0.39 is 0 Å². The van der Waals surface area contributed by atoms with Gasteiger partial charge < -0.3 is 4.74 Å². The van der Waals surface area contributed by atoms with Crippen LogP contribution in [0.2, 0.25) is 0 Å². The predicted molar refractivity (Wildman–Crippen MR) is 137 cm³/mol. The molecule has 0 N–H and O–H groups in total. The molecule has 0 aliphatic heterocycles. The number of benzene rings is 2. The molecule has 0 spiro atoms. The highest BCUT2D eigenvalue weighted by atomic mass is 127. The molecule has 0 bridgehead atoms. The van der Waals surface area contributed by atoms with Gasteiger partial charge in [0.2, 0.25) is 0 Å². The van der Waals surface area contributed by atoms with Crippen molar-refractivity contribution in [3.63, 3.8) is 0 Å². The van der Waals surface area contributed by atoms with Crippen molar-refractivity contribution in [3.05, 3.63) is 78.8 Å². The van der Waals surface area contributed by atoms with Gasteiger partial charge in [-0.2, -0.15) is 9.78 Å². The van der Waals surface area contributed by atoms with E-state index in [1.54, 1.807) is 12.3 Å². The Hall–Kier alpha value is -2.00. The van der Waals surface area contributed by atoms with Crippen molar-refractivity contribution < 1.29 is 4.74 Å². The van der Waals surface area contributed by atoms with Gasteiger partial charge in [0.15, 0.2) is 0 Å². The minimum atomic E-state index is -0.135. The molecule has 0 radical (unpaired) electrons. The van der Waals surface area contributed by atoms with Gasteiger partial charge in [-0.15, -0.1) is 0 Å². The number of fused-ring (bicyclic) bond motifs is 1. The topological polar surface area (TPSA) is 56.5 Å². The molecule has 1 fully saturated rings. The Morgan fingerprint density at radius 2 is 2.03 bits per heavy atom. The summed E-state index contributed by atoms with van der Waals surface area (Å²) in [5.74, 6) is 1.81. The third-order valence-corrected chi connectivity index (χ3v) is 6.77. The van der Waals surface area contributed by atoms with E-state index in [0.29, 0.717) is 12.0 Å². The second-order valence-electron chi connectivity index (χ2n) is 7.62. The van der Waals surface area contributed by atoms with Gasteiger partial charge in [-0.3, -0.25) is 4.79 Å². The summed E-state index contributed by atoms with van der Waals surface area (Å²) in [6.07, 6.45) is 9.08. The van der Waals surface area contributed by atoms with Crippen molar-refractivity contribution in [2.45, 2.75) is 38.0 Å². The number of hydrogen-bond donors (Lipinski definition) is 0. The molecule has 7 heteroatoms. The summed E-state index contributed by atoms with van der Waals surface area (Å²) in [5, 5.41) is 5.17. The Kier molecular flexibility index (Phi) is 7.22. The van der Waals surface area contributed by atoms with Crippen LogP contribution in [0.15, 0.2) is 63.4 Å². The van der Waals surface area contributed by atoms with E-state index in [2.05, 4.69) is 50.2 Å². The molecule has 5 nitrogen and oxygen atoms in total. The highest BCUT2D eigenvalue weighted by Crippen LogP contribution is 2.32. The van der Waals surface area contributed by atoms with Crippen molar-refractivity contribution in [2.24, 2.45) is 5.10 Å². The summed E-state index contributed by atoms with van der Waals surface area (Å²) in [5.41, 5.74) is 1.48. The maximum Gasteiger partial charge on any atom is 0.282 e. The highest BCUT2D eigenvalue weighted by molar-refractivity contribution is 14.1. The smallest absolute Gasteiger partial charge is 0.282 e. The van der Waals surface area contributed by atoms with Crippen molar-refractivity contribution in [1.29, 1.82) is 0 Å². The number of hydrogen-bond acceptors (Lipinski definition) is 4. The van der Waals surface area contributed by atoms with Crippen molar-refractivity contribution >= 4 is 55.6 Å². The maximum absolute atomic E-state index is 13.4. The van der Waals surface area contributed by atoms with Gasteiger partial charge in [0.1, 0.15) is 18.2 Å². The van der Waals surface area contributed by atoms with Crippen LogP contribution in [0.4, 0.5) is 0 Å². The average molecular weight is 592 g/mol. The zero-order valence-corrected chi connectivity index (χ0v) is 20.8. The molecule has 0 unspecified atom stereocenters. The van der Waals surface area contributed by atoms with Crippen LogP contribution in [0.1, 0.15) is 49.4 Å². The van der Waals surface area contributed by atoms with Crippen LogP contribution in [0.5, 0.6) is 5.75 Å². The summed E-state index contributed by atoms with van der Waals surface area (Å²) < 4.78 is 8.97. The molecule has 1 aromatic heterocycles. The fourth-order valence-corrected chi connectivity index (χ4v) is 4.95. The molecule has 160 valence electrons. The van der Waals surface area contributed by atoms with E-state index >= 15 is 0 Å². The van der Waals surface area contributed by atoms with Crippen LogP contribution in [-0.4, -0.2) is 22.5 Å². The van der Waals surface area contributed by atoms with Gasteiger partial charge in [0, 0.05) is 10.4 Å². The molecule has 31 heavy (non-hydrogen) atoms. The summed E-state index contributed by atoms with van der Waals surface area (Å²) in [6, 6.07) is 11.5. The lowest BCUT2D eigenvalue weighted by molar-refractivity contribution is 0.360. The molecule has 0 atom stereocenters. The Morgan fingerprint density at radius 3 is 2.77 bits per heavy atom. The molecule has 2 aromatic carbocycles. The zero-order chi connectivity index (χ0) is 21.8. The van der Waals surface area contributed by atoms with Crippen LogP contribution < -0.4 is 10.3 Å². The highest BCUT2D eigenvalue weighted by Gasteiger charge is 2.22. The molecule has 3 aromatic rings. The molecular formula is C24H23BrIN3O2.